The van der Waals surface area contributed by atoms with E-state index in [1.807, 2.05) is 0 Å². The molecule has 0 aliphatic heterocycles. The fraction of sp³-hybridized carbons (Fsp3) is 0.0667. The number of nitrogens with two attached hydrogens (primary N) is 1. The molecule has 2 aromatic carbocycles. The third kappa shape index (κ3) is 2.55. The van der Waals surface area contributed by atoms with Crippen LogP contribution in [0.4, 0.5) is 10.1 Å². The van der Waals surface area contributed by atoms with E-state index in [0.717, 1.165) is 0 Å². The van der Waals surface area contributed by atoms with E-state index in [1.54, 1.807) is 37.4 Å². The van der Waals surface area contributed by atoms with Crippen LogP contribution in [0.1, 0.15) is 0 Å². The van der Waals surface area contributed by atoms with Crippen molar-refractivity contribution >= 4 is 5.69 Å². The number of nitrogens with zero attached hydrogens (tertiary/aromatic N) is 2. The van der Waals surface area contributed by atoms with Crippen LogP contribution in [0.2, 0.25) is 0 Å². The summed E-state index contributed by atoms with van der Waals surface area (Å²) in [7, 11) is 1.56. The molecule has 0 saturated carbocycles. The number of halogens is 1. The Hall–Kier alpha value is -2.89. The lowest BCUT2D eigenvalue weighted by molar-refractivity contribution is 0.413. The topological polar surface area (TPSA) is 74.2 Å². The van der Waals surface area contributed by atoms with Gasteiger partial charge in [0.2, 0.25) is 5.82 Å². The Balaban J connectivity index is 2.02. The van der Waals surface area contributed by atoms with Gasteiger partial charge in [-0.25, -0.2) is 4.39 Å². The molecule has 106 valence electrons. The van der Waals surface area contributed by atoms with Crippen molar-refractivity contribution in [3.05, 3.63) is 48.3 Å². The molecule has 1 aromatic heterocycles. The van der Waals surface area contributed by atoms with Crippen LogP contribution in [0.25, 0.3) is 22.8 Å². The van der Waals surface area contributed by atoms with Gasteiger partial charge in [0.1, 0.15) is 11.6 Å². The SMILES string of the molecule is COc1ccc(N)c(-c2nc(-c3cccc(F)c3)no2)c1. The summed E-state index contributed by atoms with van der Waals surface area (Å²) in [5.74, 6) is 0.821. The standard InChI is InChI=1S/C15H12FN3O2/c1-20-11-5-6-13(17)12(8-11)15-18-14(19-21-15)9-3-2-4-10(16)7-9/h2-8H,17H2,1H3. The predicted molar refractivity (Wildman–Crippen MR) is 76.1 cm³/mol. The summed E-state index contributed by atoms with van der Waals surface area (Å²) in [5.41, 5.74) is 7.50. The van der Waals surface area contributed by atoms with Gasteiger partial charge in [-0.1, -0.05) is 17.3 Å². The zero-order valence-corrected chi connectivity index (χ0v) is 11.2. The van der Waals surface area contributed by atoms with Crippen molar-refractivity contribution in [2.24, 2.45) is 0 Å². The number of methoxy groups -OCH3 is 1. The highest BCUT2D eigenvalue weighted by molar-refractivity contribution is 5.73. The fourth-order valence-corrected chi connectivity index (χ4v) is 1.93. The van der Waals surface area contributed by atoms with Crippen molar-refractivity contribution in [1.82, 2.24) is 10.1 Å². The molecule has 0 amide bonds. The number of hydrogen-bond donors (Lipinski definition) is 1. The number of nitrogen functional groups attached to an aromatic ring is 1. The van der Waals surface area contributed by atoms with Crippen LogP contribution >= 0.6 is 0 Å². The van der Waals surface area contributed by atoms with E-state index in [-0.39, 0.29) is 11.7 Å². The zero-order chi connectivity index (χ0) is 14.8. The fourth-order valence-electron chi connectivity index (χ4n) is 1.93. The summed E-state index contributed by atoms with van der Waals surface area (Å²) in [6.45, 7) is 0. The summed E-state index contributed by atoms with van der Waals surface area (Å²) in [4.78, 5) is 4.25. The quantitative estimate of drug-likeness (QED) is 0.748. The van der Waals surface area contributed by atoms with Crippen LogP contribution in [0.5, 0.6) is 5.75 Å². The van der Waals surface area contributed by atoms with Crippen molar-refractivity contribution in [2.75, 3.05) is 12.8 Å². The smallest absolute Gasteiger partial charge is 0.260 e. The lowest BCUT2D eigenvalue weighted by atomic mass is 10.1. The highest BCUT2D eigenvalue weighted by atomic mass is 19.1. The number of hydrogen-bond acceptors (Lipinski definition) is 5. The number of rotatable bonds is 3. The minimum atomic E-state index is -0.361. The average Bonchev–Trinajstić information content (AvgIpc) is 2.97. The summed E-state index contributed by atoms with van der Waals surface area (Å²) in [6, 6.07) is 11.1. The largest absolute Gasteiger partial charge is 0.497 e. The van der Waals surface area contributed by atoms with Crippen molar-refractivity contribution in [1.29, 1.82) is 0 Å². The maximum absolute atomic E-state index is 13.2. The second-order valence-electron chi connectivity index (χ2n) is 4.39. The van der Waals surface area contributed by atoms with Gasteiger partial charge < -0.3 is 15.0 Å². The molecule has 0 bridgehead atoms. The van der Waals surface area contributed by atoms with E-state index in [2.05, 4.69) is 10.1 Å². The number of benzene rings is 2. The summed E-state index contributed by atoms with van der Waals surface area (Å²) < 4.78 is 23.6. The maximum Gasteiger partial charge on any atom is 0.260 e. The predicted octanol–water partition coefficient (Wildman–Crippen LogP) is 3.13. The Labute approximate surface area is 120 Å². The van der Waals surface area contributed by atoms with E-state index in [4.69, 9.17) is 15.0 Å². The van der Waals surface area contributed by atoms with Crippen LogP contribution in [-0.2, 0) is 0 Å². The highest BCUT2D eigenvalue weighted by Gasteiger charge is 2.14. The van der Waals surface area contributed by atoms with Gasteiger partial charge in [0, 0.05) is 11.3 Å². The molecule has 0 aliphatic rings. The van der Waals surface area contributed by atoms with Gasteiger partial charge in [0.05, 0.1) is 12.7 Å². The molecule has 0 radical (unpaired) electrons. The molecule has 1 heterocycles. The van der Waals surface area contributed by atoms with E-state index in [1.165, 1.54) is 12.1 Å². The van der Waals surface area contributed by atoms with E-state index >= 15 is 0 Å². The molecular formula is C15H12FN3O2. The Morgan fingerprint density at radius 2 is 2.05 bits per heavy atom. The van der Waals surface area contributed by atoms with Crippen molar-refractivity contribution in [2.45, 2.75) is 0 Å². The van der Waals surface area contributed by atoms with E-state index in [0.29, 0.717) is 28.4 Å². The normalized spacial score (nSPS) is 10.6. The minimum absolute atomic E-state index is 0.255. The van der Waals surface area contributed by atoms with Crippen LogP contribution in [0, 0.1) is 5.82 Å². The maximum atomic E-state index is 13.2. The first-order valence-electron chi connectivity index (χ1n) is 6.21. The summed E-state index contributed by atoms with van der Waals surface area (Å²) >= 11 is 0. The van der Waals surface area contributed by atoms with Crippen LogP contribution < -0.4 is 10.5 Å². The lowest BCUT2D eigenvalue weighted by Crippen LogP contribution is -1.92. The summed E-state index contributed by atoms with van der Waals surface area (Å²) in [5, 5.41) is 3.85. The van der Waals surface area contributed by atoms with Gasteiger partial charge in [-0.05, 0) is 30.3 Å². The Kier molecular flexibility index (Phi) is 3.27. The van der Waals surface area contributed by atoms with Gasteiger partial charge >= 0.3 is 0 Å². The molecule has 3 rings (SSSR count). The van der Waals surface area contributed by atoms with Crippen LogP contribution in [0.15, 0.2) is 47.0 Å². The Morgan fingerprint density at radius 3 is 2.81 bits per heavy atom. The van der Waals surface area contributed by atoms with E-state index in [9.17, 15) is 4.39 Å². The number of ether oxygens (including phenoxy) is 1. The molecule has 0 atom stereocenters. The van der Waals surface area contributed by atoms with Crippen LogP contribution in [0.3, 0.4) is 0 Å². The third-order valence-corrected chi connectivity index (χ3v) is 3.00. The molecule has 0 spiro atoms. The first kappa shape index (κ1) is 13.1. The molecule has 2 N–H and O–H groups in total. The second kappa shape index (κ2) is 5.24. The Morgan fingerprint density at radius 1 is 1.19 bits per heavy atom. The first-order valence-corrected chi connectivity index (χ1v) is 6.21. The van der Waals surface area contributed by atoms with Crippen LogP contribution in [-0.4, -0.2) is 17.3 Å². The van der Waals surface area contributed by atoms with Crippen molar-refractivity contribution in [3.8, 4) is 28.6 Å². The molecule has 0 unspecified atom stereocenters. The number of anilines is 1. The van der Waals surface area contributed by atoms with Gasteiger partial charge in [0.15, 0.2) is 0 Å². The first-order chi connectivity index (χ1) is 10.2. The second-order valence-corrected chi connectivity index (χ2v) is 4.39. The highest BCUT2D eigenvalue weighted by Crippen LogP contribution is 2.30. The monoisotopic (exact) mass is 285 g/mol. The van der Waals surface area contributed by atoms with Crippen molar-refractivity contribution in [3.63, 3.8) is 0 Å². The molecule has 21 heavy (non-hydrogen) atoms. The molecule has 6 heteroatoms. The third-order valence-electron chi connectivity index (χ3n) is 3.00. The molecular weight excluding hydrogens is 273 g/mol. The zero-order valence-electron chi connectivity index (χ0n) is 11.2. The summed E-state index contributed by atoms with van der Waals surface area (Å²) in [6.07, 6.45) is 0. The minimum Gasteiger partial charge on any atom is -0.497 e. The van der Waals surface area contributed by atoms with Gasteiger partial charge in [-0.3, -0.25) is 0 Å². The van der Waals surface area contributed by atoms with Gasteiger partial charge in [-0.15, -0.1) is 0 Å². The molecule has 5 nitrogen and oxygen atoms in total. The molecule has 0 aliphatic carbocycles. The van der Waals surface area contributed by atoms with Crippen molar-refractivity contribution < 1.29 is 13.7 Å². The lowest BCUT2D eigenvalue weighted by Gasteiger charge is -2.03. The Bertz CT molecular complexity index is 786. The average molecular weight is 285 g/mol. The molecule has 0 saturated heterocycles. The number of aromatic nitrogens is 2. The molecule has 3 aromatic rings. The molecule has 0 fully saturated rings. The van der Waals surface area contributed by atoms with E-state index < -0.39 is 0 Å². The van der Waals surface area contributed by atoms with Gasteiger partial charge in [0.25, 0.3) is 5.89 Å². The van der Waals surface area contributed by atoms with Gasteiger partial charge in [-0.2, -0.15) is 4.98 Å².